The topological polar surface area (TPSA) is 67.9 Å². The number of anilines is 1. The van der Waals surface area contributed by atoms with Crippen LogP contribution in [0.5, 0.6) is 11.5 Å². The number of amides is 2. The summed E-state index contributed by atoms with van der Waals surface area (Å²) < 4.78 is 11.5. The quantitative estimate of drug-likeness (QED) is 0.788. The van der Waals surface area contributed by atoms with E-state index in [4.69, 9.17) is 9.47 Å². The van der Waals surface area contributed by atoms with E-state index >= 15 is 0 Å². The van der Waals surface area contributed by atoms with Gasteiger partial charge in [0.25, 0.3) is 5.91 Å². The predicted molar refractivity (Wildman–Crippen MR) is 117 cm³/mol. The molecule has 1 aliphatic carbocycles. The molecule has 2 aliphatic heterocycles. The zero-order valence-corrected chi connectivity index (χ0v) is 18.0. The second-order valence-electron chi connectivity index (χ2n) is 9.20. The summed E-state index contributed by atoms with van der Waals surface area (Å²) in [6.07, 6.45) is 5.03. The van der Waals surface area contributed by atoms with Crippen molar-refractivity contribution >= 4 is 17.5 Å². The number of fused-ring (bicyclic) bond motifs is 2. The van der Waals surface area contributed by atoms with Gasteiger partial charge in [0.15, 0.2) is 11.5 Å². The molecule has 0 radical (unpaired) electrons. The maximum Gasteiger partial charge on any atom is 0.254 e. The summed E-state index contributed by atoms with van der Waals surface area (Å²) in [5.41, 5.74) is 1.28. The van der Waals surface area contributed by atoms with Crippen LogP contribution in [0.25, 0.3) is 0 Å². The molecule has 6 heteroatoms. The van der Waals surface area contributed by atoms with Gasteiger partial charge in [0, 0.05) is 37.2 Å². The van der Waals surface area contributed by atoms with Gasteiger partial charge in [0.05, 0.1) is 0 Å². The van der Waals surface area contributed by atoms with Crippen molar-refractivity contribution in [2.45, 2.75) is 63.8 Å². The highest BCUT2D eigenvalue weighted by molar-refractivity contribution is 6.02. The van der Waals surface area contributed by atoms with Gasteiger partial charge < -0.3 is 19.7 Å². The number of hydrogen-bond donors (Lipinski definition) is 1. The van der Waals surface area contributed by atoms with Gasteiger partial charge in [-0.1, -0.05) is 31.0 Å². The summed E-state index contributed by atoms with van der Waals surface area (Å²) >= 11 is 0. The van der Waals surface area contributed by atoms with Crippen molar-refractivity contribution in [1.82, 2.24) is 4.90 Å². The Balaban J connectivity index is 1.38. The molecule has 3 unspecified atom stereocenters. The summed E-state index contributed by atoms with van der Waals surface area (Å²) in [4.78, 5) is 28.6. The first-order chi connectivity index (χ1) is 14.9. The van der Waals surface area contributed by atoms with E-state index in [0.717, 1.165) is 19.3 Å². The number of nitrogens with zero attached hydrogens (tertiary/aromatic N) is 1. The number of hydrogen-bond acceptors (Lipinski definition) is 4. The number of benzene rings is 2. The molecule has 1 N–H and O–H groups in total. The molecule has 0 aromatic heterocycles. The van der Waals surface area contributed by atoms with E-state index in [1.54, 1.807) is 12.1 Å². The maximum atomic E-state index is 13.4. The largest absolute Gasteiger partial charge is 0.449 e. The van der Waals surface area contributed by atoms with E-state index in [1.807, 2.05) is 55.1 Å². The van der Waals surface area contributed by atoms with Crippen LogP contribution in [0.1, 0.15) is 56.3 Å². The number of ether oxygens (including phenoxy) is 2. The molecule has 0 bridgehead atoms. The standard InChI is InChI=1S/C25H28N2O4/c1-25(2)30-21-13-12-18(15-22(21)31-25)26-23(28)20-14-17-10-6-7-11-19(17)27(20)24(29)16-8-4-3-5-9-16/h3-5,8-9,12-13,15,17,19-20H,6-7,10-11,14H2,1-2H3,(H,26,28). The molecule has 3 atom stereocenters. The fourth-order valence-corrected chi connectivity index (χ4v) is 5.24. The number of rotatable bonds is 3. The van der Waals surface area contributed by atoms with E-state index < -0.39 is 11.8 Å². The molecule has 0 spiro atoms. The molecule has 1 saturated heterocycles. The van der Waals surface area contributed by atoms with Crippen molar-refractivity contribution in [3.05, 3.63) is 54.1 Å². The molecular weight excluding hydrogens is 392 g/mol. The lowest BCUT2D eigenvalue weighted by Gasteiger charge is -2.33. The molecule has 3 aliphatic rings. The van der Waals surface area contributed by atoms with Crippen LogP contribution in [0, 0.1) is 5.92 Å². The summed E-state index contributed by atoms with van der Waals surface area (Å²) in [5.74, 6) is 0.746. The first-order valence-corrected chi connectivity index (χ1v) is 11.1. The van der Waals surface area contributed by atoms with E-state index in [9.17, 15) is 9.59 Å². The molecule has 2 heterocycles. The predicted octanol–water partition coefficient (Wildman–Crippen LogP) is 4.61. The van der Waals surface area contributed by atoms with Gasteiger partial charge in [-0.2, -0.15) is 0 Å². The van der Waals surface area contributed by atoms with Crippen LogP contribution in [0.4, 0.5) is 5.69 Å². The number of likely N-dealkylation sites (tertiary alicyclic amines) is 1. The fourth-order valence-electron chi connectivity index (χ4n) is 5.24. The minimum Gasteiger partial charge on any atom is -0.449 e. The molecule has 2 amide bonds. The Labute approximate surface area is 182 Å². The zero-order chi connectivity index (χ0) is 21.6. The molecule has 5 rings (SSSR count). The number of carbonyl (C=O) groups is 2. The molecule has 162 valence electrons. The number of carbonyl (C=O) groups excluding carboxylic acids is 2. The fraction of sp³-hybridized carbons (Fsp3) is 0.440. The number of nitrogens with one attached hydrogen (secondary N) is 1. The van der Waals surface area contributed by atoms with Gasteiger partial charge in [-0.05, 0) is 49.4 Å². The third-order valence-corrected chi connectivity index (χ3v) is 6.57. The van der Waals surface area contributed by atoms with E-state index in [2.05, 4.69) is 5.32 Å². The van der Waals surface area contributed by atoms with Gasteiger partial charge in [-0.25, -0.2) is 0 Å². The average Bonchev–Trinajstić information content (AvgIpc) is 3.29. The van der Waals surface area contributed by atoms with Crippen LogP contribution in [0.3, 0.4) is 0 Å². The van der Waals surface area contributed by atoms with Gasteiger partial charge >= 0.3 is 0 Å². The molecule has 2 fully saturated rings. The van der Waals surface area contributed by atoms with Crippen molar-refractivity contribution < 1.29 is 19.1 Å². The Bertz CT molecular complexity index is 1000. The Hall–Kier alpha value is -3.02. The lowest BCUT2D eigenvalue weighted by Crippen LogP contribution is -2.47. The normalized spacial score (nSPS) is 25.7. The minimum atomic E-state index is -0.717. The second-order valence-corrected chi connectivity index (χ2v) is 9.20. The summed E-state index contributed by atoms with van der Waals surface area (Å²) in [6, 6.07) is 14.4. The van der Waals surface area contributed by atoms with Crippen molar-refractivity contribution in [3.8, 4) is 11.5 Å². The van der Waals surface area contributed by atoms with E-state index in [-0.39, 0.29) is 17.9 Å². The molecule has 2 aromatic rings. The SMILES string of the molecule is CC1(C)Oc2ccc(NC(=O)C3CC4CCCCC4N3C(=O)c3ccccc3)cc2O1. The lowest BCUT2D eigenvalue weighted by atomic mass is 9.84. The van der Waals surface area contributed by atoms with Crippen LogP contribution in [-0.4, -0.2) is 34.6 Å². The summed E-state index contributed by atoms with van der Waals surface area (Å²) in [6.45, 7) is 3.69. The first kappa shape index (κ1) is 19.9. The summed E-state index contributed by atoms with van der Waals surface area (Å²) in [5, 5.41) is 3.02. The Kier molecular flexibility index (Phi) is 4.88. The van der Waals surface area contributed by atoms with Crippen LogP contribution in [0.15, 0.2) is 48.5 Å². The zero-order valence-electron chi connectivity index (χ0n) is 18.0. The van der Waals surface area contributed by atoms with Crippen molar-refractivity contribution in [2.75, 3.05) is 5.32 Å². The maximum absolute atomic E-state index is 13.4. The van der Waals surface area contributed by atoms with Gasteiger partial charge in [0.1, 0.15) is 6.04 Å². The lowest BCUT2D eigenvalue weighted by molar-refractivity contribution is -0.120. The highest BCUT2D eigenvalue weighted by atomic mass is 16.7. The molecular formula is C25H28N2O4. The van der Waals surface area contributed by atoms with Crippen LogP contribution < -0.4 is 14.8 Å². The highest BCUT2D eigenvalue weighted by Gasteiger charge is 2.47. The highest BCUT2D eigenvalue weighted by Crippen LogP contribution is 2.42. The van der Waals surface area contributed by atoms with Crippen LogP contribution in [-0.2, 0) is 4.79 Å². The Morgan fingerprint density at radius 3 is 2.55 bits per heavy atom. The Morgan fingerprint density at radius 1 is 1.00 bits per heavy atom. The molecule has 2 aromatic carbocycles. The molecule has 6 nitrogen and oxygen atoms in total. The smallest absolute Gasteiger partial charge is 0.254 e. The van der Waals surface area contributed by atoms with Crippen molar-refractivity contribution in [2.24, 2.45) is 5.92 Å². The molecule has 31 heavy (non-hydrogen) atoms. The third kappa shape index (κ3) is 3.75. The van der Waals surface area contributed by atoms with Crippen molar-refractivity contribution in [1.29, 1.82) is 0 Å². The first-order valence-electron chi connectivity index (χ1n) is 11.1. The minimum absolute atomic E-state index is 0.0532. The Morgan fingerprint density at radius 2 is 1.74 bits per heavy atom. The third-order valence-electron chi connectivity index (χ3n) is 6.57. The average molecular weight is 421 g/mol. The van der Waals surface area contributed by atoms with Gasteiger partial charge in [-0.15, -0.1) is 0 Å². The summed E-state index contributed by atoms with van der Waals surface area (Å²) in [7, 11) is 0. The monoisotopic (exact) mass is 420 g/mol. The van der Waals surface area contributed by atoms with E-state index in [1.165, 1.54) is 6.42 Å². The van der Waals surface area contributed by atoms with Gasteiger partial charge in [-0.3, -0.25) is 9.59 Å². The van der Waals surface area contributed by atoms with Crippen LogP contribution in [0.2, 0.25) is 0 Å². The van der Waals surface area contributed by atoms with E-state index in [0.29, 0.717) is 35.1 Å². The molecule has 1 saturated carbocycles. The van der Waals surface area contributed by atoms with Crippen molar-refractivity contribution in [3.63, 3.8) is 0 Å². The van der Waals surface area contributed by atoms with Gasteiger partial charge in [0.2, 0.25) is 11.7 Å². The van der Waals surface area contributed by atoms with Crippen LogP contribution >= 0.6 is 0 Å². The second kappa shape index (κ2) is 7.59.